The molecule has 0 aromatic carbocycles. The quantitative estimate of drug-likeness (QED) is 0.311. The van der Waals surface area contributed by atoms with Gasteiger partial charge in [0.1, 0.15) is 0 Å². The lowest BCUT2D eigenvalue weighted by Gasteiger charge is -2.16. The van der Waals surface area contributed by atoms with Gasteiger partial charge in [-0.1, -0.05) is 13.8 Å². The van der Waals surface area contributed by atoms with Crippen LogP contribution in [0.5, 0.6) is 0 Å². The molecule has 0 aromatic heterocycles. The van der Waals surface area contributed by atoms with Crippen LogP contribution in [0.15, 0.2) is 0 Å². The van der Waals surface area contributed by atoms with Gasteiger partial charge in [0.2, 0.25) is 0 Å². The van der Waals surface area contributed by atoms with Gasteiger partial charge in [-0.15, -0.1) is 0 Å². The summed E-state index contributed by atoms with van der Waals surface area (Å²) < 4.78 is 4.54. The number of carbonyl (C=O) groups excluding carboxylic acids is 2. The summed E-state index contributed by atoms with van der Waals surface area (Å²) in [5, 5.41) is 0. The van der Waals surface area contributed by atoms with Crippen LogP contribution < -0.4 is 5.48 Å². The Labute approximate surface area is 93.3 Å². The van der Waals surface area contributed by atoms with E-state index in [0.29, 0.717) is 0 Å². The minimum Gasteiger partial charge on any atom is -0.448 e. The molecule has 0 aromatic rings. The summed E-state index contributed by atoms with van der Waals surface area (Å²) in [6, 6.07) is 0. The van der Waals surface area contributed by atoms with E-state index in [0.717, 1.165) is 6.21 Å². The van der Waals surface area contributed by atoms with Crippen molar-refractivity contribution in [3.8, 4) is 0 Å². The molecule has 16 heavy (non-hydrogen) atoms. The molecule has 0 radical (unpaired) electrons. The highest BCUT2D eigenvalue weighted by atomic mass is 16.7. The van der Waals surface area contributed by atoms with Crippen LogP contribution in [0.3, 0.4) is 0 Å². The van der Waals surface area contributed by atoms with Crippen molar-refractivity contribution < 1.29 is 24.0 Å². The van der Waals surface area contributed by atoms with Crippen molar-refractivity contribution in [3.05, 3.63) is 5.53 Å². The summed E-state index contributed by atoms with van der Waals surface area (Å²) in [4.78, 5) is 29.7. The van der Waals surface area contributed by atoms with E-state index in [2.05, 4.69) is 9.53 Å². The monoisotopic (exact) mass is 229 g/mol. The number of ether oxygens (including phenoxy) is 1. The number of nitrogens with one attached hydrogen (secondary N) is 1. The fraction of sp³-hybridized carbons (Fsp3) is 0.667. The number of ketones is 1. The second-order valence-corrected chi connectivity index (χ2v) is 3.25. The average Bonchev–Trinajstić information content (AvgIpc) is 2.18. The van der Waals surface area contributed by atoms with Gasteiger partial charge >= 0.3 is 12.3 Å². The lowest BCUT2D eigenvalue weighted by atomic mass is 10.0. The molecule has 0 rings (SSSR count). The third-order valence-electron chi connectivity index (χ3n) is 1.62. The number of Topliss-reactive ketones (excluding diaryl/α,β-unsaturated/α-hetero) is 1. The summed E-state index contributed by atoms with van der Waals surface area (Å²) in [7, 11) is 0. The Hall–Kier alpha value is -1.72. The lowest BCUT2D eigenvalue weighted by molar-refractivity contribution is -0.134. The largest absolute Gasteiger partial charge is 0.448 e. The third-order valence-corrected chi connectivity index (χ3v) is 1.62. The van der Waals surface area contributed by atoms with E-state index >= 15 is 0 Å². The molecule has 1 amide bonds. The highest BCUT2D eigenvalue weighted by molar-refractivity contribution is 6.27. The van der Waals surface area contributed by atoms with Crippen molar-refractivity contribution in [1.29, 1.82) is 0 Å². The maximum absolute atomic E-state index is 11.3. The average molecular weight is 229 g/mol. The van der Waals surface area contributed by atoms with E-state index in [1.807, 2.05) is 5.48 Å². The van der Waals surface area contributed by atoms with Crippen LogP contribution in [-0.2, 0) is 14.4 Å². The van der Waals surface area contributed by atoms with E-state index in [-0.39, 0.29) is 12.5 Å². The molecule has 0 unspecified atom stereocenters. The van der Waals surface area contributed by atoms with Gasteiger partial charge in [0.05, 0.1) is 6.61 Å². The number of hydrogen-bond acceptors (Lipinski definition) is 4. The molecule has 90 valence electrons. The van der Waals surface area contributed by atoms with Gasteiger partial charge in [-0.2, -0.15) is 10.3 Å². The van der Waals surface area contributed by atoms with E-state index < -0.39 is 18.0 Å². The van der Waals surface area contributed by atoms with Crippen LogP contribution in [-0.4, -0.2) is 35.6 Å². The fourth-order valence-electron chi connectivity index (χ4n) is 0.925. The number of carbonyl (C=O) groups is 2. The van der Waals surface area contributed by atoms with Gasteiger partial charge in [-0.3, -0.25) is 9.63 Å². The predicted molar refractivity (Wildman–Crippen MR) is 54.6 cm³/mol. The Morgan fingerprint density at radius 1 is 1.50 bits per heavy atom. The second-order valence-electron chi connectivity index (χ2n) is 3.25. The summed E-state index contributed by atoms with van der Waals surface area (Å²) in [5.74, 6) is -0.735. The van der Waals surface area contributed by atoms with Gasteiger partial charge < -0.3 is 10.3 Å². The molecule has 7 heteroatoms. The molecule has 1 atom stereocenters. The molecule has 1 N–H and O–H groups in total. The van der Waals surface area contributed by atoms with Crippen molar-refractivity contribution in [2.24, 2.45) is 5.92 Å². The van der Waals surface area contributed by atoms with Crippen molar-refractivity contribution in [1.82, 2.24) is 5.48 Å². The van der Waals surface area contributed by atoms with Gasteiger partial charge in [0, 0.05) is 0 Å². The first-order valence-corrected chi connectivity index (χ1v) is 4.82. The Kier molecular flexibility index (Phi) is 6.74. The summed E-state index contributed by atoms with van der Waals surface area (Å²) >= 11 is 0. The number of hydrogen-bond donors (Lipinski definition) is 1. The zero-order valence-electron chi connectivity index (χ0n) is 9.47. The first kappa shape index (κ1) is 14.3. The maximum atomic E-state index is 11.3. The van der Waals surface area contributed by atoms with Gasteiger partial charge in [-0.25, -0.2) is 4.79 Å². The molecule has 0 bridgehead atoms. The smallest absolute Gasteiger partial charge is 0.431 e. The van der Waals surface area contributed by atoms with Crippen LogP contribution >= 0.6 is 0 Å². The molecule has 0 aliphatic carbocycles. The number of nitrogens with zero attached hydrogens (tertiary/aromatic N) is 2. The van der Waals surface area contributed by atoms with Crippen LogP contribution in [0.1, 0.15) is 20.8 Å². The molecule has 0 fully saturated rings. The van der Waals surface area contributed by atoms with E-state index in [9.17, 15) is 9.59 Å². The minimum atomic E-state index is -0.916. The molecule has 0 aliphatic rings. The molecular formula is C9H15N3O4. The number of rotatable bonds is 6. The number of hydroxylamine groups is 1. The zero-order chi connectivity index (χ0) is 12.6. The standard InChI is InChI=1S/C9H15N3O4/c1-4-15-9(14)12-16-8(6(2)3)7(13)5-11-10/h5-6,8H,4H2,1-3H3,(H,12,14)/t8-/m1/s1. The first-order chi connectivity index (χ1) is 7.52. The fourth-order valence-corrected chi connectivity index (χ4v) is 0.925. The van der Waals surface area contributed by atoms with E-state index in [4.69, 9.17) is 10.4 Å². The highest BCUT2D eigenvalue weighted by Gasteiger charge is 2.25. The second kappa shape index (κ2) is 7.56. The Balaban J connectivity index is 4.30. The summed E-state index contributed by atoms with van der Waals surface area (Å²) in [6.07, 6.45) is -0.973. The molecule has 0 heterocycles. The van der Waals surface area contributed by atoms with Crippen LogP contribution in [0.2, 0.25) is 0 Å². The van der Waals surface area contributed by atoms with Crippen LogP contribution in [0.4, 0.5) is 4.79 Å². The Bertz CT molecular complexity index is 297. The van der Waals surface area contributed by atoms with Crippen molar-refractivity contribution in [2.75, 3.05) is 6.61 Å². The third kappa shape index (κ3) is 5.23. The number of amides is 1. The topological polar surface area (TPSA) is 101 Å². The van der Waals surface area contributed by atoms with Gasteiger partial charge in [0.25, 0.3) is 5.78 Å². The van der Waals surface area contributed by atoms with Gasteiger partial charge in [0.15, 0.2) is 6.10 Å². The lowest BCUT2D eigenvalue weighted by Crippen LogP contribution is -2.38. The van der Waals surface area contributed by atoms with Gasteiger partial charge in [-0.05, 0) is 12.8 Å². The molecule has 0 saturated carbocycles. The zero-order valence-corrected chi connectivity index (χ0v) is 9.47. The summed E-state index contributed by atoms with van der Waals surface area (Å²) in [6.45, 7) is 5.29. The Morgan fingerprint density at radius 3 is 2.56 bits per heavy atom. The van der Waals surface area contributed by atoms with Crippen LogP contribution in [0, 0.1) is 5.92 Å². The first-order valence-electron chi connectivity index (χ1n) is 4.82. The molecule has 7 nitrogen and oxygen atoms in total. The SMILES string of the molecule is CCOC(=O)NO[C@@H](C(=O)C=[N+]=[N-])C(C)C. The normalized spacial score (nSPS) is 11.5. The minimum absolute atomic E-state index is 0.188. The van der Waals surface area contributed by atoms with Crippen LogP contribution in [0.25, 0.3) is 5.53 Å². The maximum Gasteiger partial charge on any atom is 0.431 e. The molecular weight excluding hydrogens is 214 g/mol. The highest BCUT2D eigenvalue weighted by Crippen LogP contribution is 2.05. The molecule has 0 saturated heterocycles. The Morgan fingerprint density at radius 2 is 2.12 bits per heavy atom. The van der Waals surface area contributed by atoms with Crippen molar-refractivity contribution in [3.63, 3.8) is 0 Å². The van der Waals surface area contributed by atoms with Crippen molar-refractivity contribution >= 4 is 18.1 Å². The van der Waals surface area contributed by atoms with Crippen molar-refractivity contribution in [2.45, 2.75) is 26.9 Å². The predicted octanol–water partition coefficient (Wildman–Crippen LogP) is 0.558. The molecule has 0 aliphatic heterocycles. The summed E-state index contributed by atoms with van der Waals surface area (Å²) in [5.41, 5.74) is 10.2. The molecule has 0 spiro atoms. The van der Waals surface area contributed by atoms with E-state index in [1.54, 1.807) is 20.8 Å². The van der Waals surface area contributed by atoms with E-state index in [1.165, 1.54) is 0 Å².